The summed E-state index contributed by atoms with van der Waals surface area (Å²) in [5.41, 5.74) is 2.76. The maximum atomic E-state index is 10.3. The third kappa shape index (κ3) is 3.43. The van der Waals surface area contributed by atoms with Gasteiger partial charge in [0.05, 0.1) is 11.8 Å². The van der Waals surface area contributed by atoms with Crippen LogP contribution in [0.2, 0.25) is 0 Å². The zero-order chi connectivity index (χ0) is 14.9. The number of aryl methyl sites for hydroxylation is 2. The van der Waals surface area contributed by atoms with E-state index in [0.29, 0.717) is 11.3 Å². The molecular weight excluding hydrogens is 248 g/mol. The molecule has 1 saturated carbocycles. The molecule has 0 bridgehead atoms. The largest absolute Gasteiger partial charge is 0.393 e. The number of hydrogen-bond donors (Lipinski definition) is 1. The first-order chi connectivity index (χ1) is 9.31. The molecule has 1 aromatic rings. The predicted molar refractivity (Wildman–Crippen MR) is 82.6 cm³/mol. The molecule has 3 atom stereocenters. The Bertz CT molecular complexity index is 444. The third-order valence-corrected chi connectivity index (χ3v) is 5.03. The molecule has 0 spiro atoms. The van der Waals surface area contributed by atoms with Crippen molar-refractivity contribution in [2.75, 3.05) is 0 Å². The van der Waals surface area contributed by atoms with Crippen LogP contribution in [-0.4, -0.2) is 21.0 Å². The van der Waals surface area contributed by atoms with E-state index in [4.69, 9.17) is 0 Å². The van der Waals surface area contributed by atoms with Crippen molar-refractivity contribution in [3.8, 4) is 0 Å². The maximum Gasteiger partial charge on any atom is 0.0624 e. The maximum absolute atomic E-state index is 10.3. The molecular formula is C17H30N2O. The van der Waals surface area contributed by atoms with Gasteiger partial charge in [-0.2, -0.15) is 5.10 Å². The number of aliphatic hydroxyl groups excluding tert-OH is 1. The van der Waals surface area contributed by atoms with Crippen LogP contribution in [0.25, 0.3) is 0 Å². The first-order valence-electron chi connectivity index (χ1n) is 8.01. The highest BCUT2D eigenvalue weighted by Crippen LogP contribution is 2.41. The van der Waals surface area contributed by atoms with E-state index in [1.807, 2.05) is 11.7 Å². The second kappa shape index (κ2) is 5.88. The summed E-state index contributed by atoms with van der Waals surface area (Å²) in [5, 5.41) is 14.9. The fourth-order valence-electron chi connectivity index (χ4n) is 3.46. The van der Waals surface area contributed by atoms with Gasteiger partial charge in [-0.1, -0.05) is 27.7 Å². The second-order valence-corrected chi connectivity index (χ2v) is 7.51. The summed E-state index contributed by atoms with van der Waals surface area (Å²) < 4.78 is 1.99. The van der Waals surface area contributed by atoms with Gasteiger partial charge in [0.1, 0.15) is 0 Å². The summed E-state index contributed by atoms with van der Waals surface area (Å²) in [5.74, 6) is 1.10. The van der Waals surface area contributed by atoms with E-state index in [9.17, 15) is 5.11 Å². The number of aromatic nitrogens is 2. The fraction of sp³-hybridized carbons (Fsp3) is 0.824. The fourth-order valence-corrected chi connectivity index (χ4v) is 3.46. The normalized spacial score (nSPS) is 27.8. The molecule has 3 heteroatoms. The molecule has 2 rings (SSSR count). The lowest BCUT2D eigenvalue weighted by atomic mass is 9.67. The molecule has 1 N–H and O–H groups in total. The summed E-state index contributed by atoms with van der Waals surface area (Å²) in [6.45, 7) is 9.11. The Labute approximate surface area is 123 Å². The molecule has 0 aromatic carbocycles. The van der Waals surface area contributed by atoms with E-state index >= 15 is 0 Å². The van der Waals surface area contributed by atoms with Crippen LogP contribution in [0, 0.1) is 17.3 Å². The second-order valence-electron chi connectivity index (χ2n) is 7.51. The highest BCUT2D eigenvalue weighted by Gasteiger charge is 2.35. The topological polar surface area (TPSA) is 38.0 Å². The van der Waals surface area contributed by atoms with Gasteiger partial charge in [-0.25, -0.2) is 0 Å². The molecule has 3 nitrogen and oxygen atoms in total. The van der Waals surface area contributed by atoms with Crippen molar-refractivity contribution < 1.29 is 5.11 Å². The van der Waals surface area contributed by atoms with Crippen molar-refractivity contribution in [1.29, 1.82) is 0 Å². The minimum Gasteiger partial charge on any atom is -0.393 e. The van der Waals surface area contributed by atoms with Crippen LogP contribution in [0.15, 0.2) is 6.07 Å². The third-order valence-electron chi connectivity index (χ3n) is 5.03. The summed E-state index contributed by atoms with van der Waals surface area (Å²) >= 11 is 0. The number of aliphatic hydroxyl groups is 1. The van der Waals surface area contributed by atoms with Gasteiger partial charge in [-0.05, 0) is 55.4 Å². The Morgan fingerprint density at radius 2 is 2.05 bits per heavy atom. The summed E-state index contributed by atoms with van der Waals surface area (Å²) in [4.78, 5) is 0. The standard InChI is InChI=1S/C17H30N2O/c1-6-14-11-15(19(5)18-14)10-12-9-13(17(2,3)4)7-8-16(12)20/h11-13,16,20H,6-10H2,1-5H3. The minimum absolute atomic E-state index is 0.145. The van der Waals surface area contributed by atoms with E-state index < -0.39 is 0 Å². The van der Waals surface area contributed by atoms with Crippen LogP contribution in [0.1, 0.15) is 58.3 Å². The Morgan fingerprint density at radius 1 is 1.35 bits per heavy atom. The molecule has 20 heavy (non-hydrogen) atoms. The molecule has 1 fully saturated rings. The lowest BCUT2D eigenvalue weighted by Crippen LogP contribution is -2.36. The molecule has 0 radical (unpaired) electrons. The first kappa shape index (κ1) is 15.6. The molecule has 0 amide bonds. The zero-order valence-electron chi connectivity index (χ0n) is 13.7. The Kier molecular flexibility index (Phi) is 4.58. The summed E-state index contributed by atoms with van der Waals surface area (Å²) in [6, 6.07) is 2.20. The Balaban J connectivity index is 2.08. The van der Waals surface area contributed by atoms with Crippen LogP contribution in [0.4, 0.5) is 0 Å². The van der Waals surface area contributed by atoms with Crippen LogP contribution >= 0.6 is 0 Å². The summed E-state index contributed by atoms with van der Waals surface area (Å²) in [6.07, 6.45) is 5.03. The van der Waals surface area contributed by atoms with Gasteiger partial charge >= 0.3 is 0 Å². The number of hydrogen-bond acceptors (Lipinski definition) is 2. The van der Waals surface area contributed by atoms with Crippen molar-refractivity contribution in [2.24, 2.45) is 24.3 Å². The van der Waals surface area contributed by atoms with Crippen molar-refractivity contribution in [1.82, 2.24) is 9.78 Å². The molecule has 0 saturated heterocycles. The van der Waals surface area contributed by atoms with Gasteiger partial charge in [0.2, 0.25) is 0 Å². The first-order valence-corrected chi connectivity index (χ1v) is 8.01. The molecule has 3 unspecified atom stereocenters. The lowest BCUT2D eigenvalue weighted by molar-refractivity contribution is 0.0189. The van der Waals surface area contributed by atoms with E-state index in [2.05, 4.69) is 38.9 Å². The van der Waals surface area contributed by atoms with Crippen molar-refractivity contribution in [3.63, 3.8) is 0 Å². The lowest BCUT2D eigenvalue weighted by Gasteiger charge is -2.40. The molecule has 0 aliphatic heterocycles. The van der Waals surface area contributed by atoms with E-state index in [0.717, 1.165) is 43.7 Å². The van der Waals surface area contributed by atoms with Gasteiger partial charge in [0, 0.05) is 12.7 Å². The molecule has 1 aliphatic carbocycles. The van der Waals surface area contributed by atoms with Gasteiger partial charge in [0.15, 0.2) is 0 Å². The molecule has 114 valence electrons. The Hall–Kier alpha value is -0.830. The molecule has 1 aromatic heterocycles. The van der Waals surface area contributed by atoms with Gasteiger partial charge in [-0.15, -0.1) is 0 Å². The van der Waals surface area contributed by atoms with Crippen molar-refractivity contribution in [3.05, 3.63) is 17.5 Å². The van der Waals surface area contributed by atoms with E-state index in [1.54, 1.807) is 0 Å². The zero-order valence-corrected chi connectivity index (χ0v) is 13.7. The highest BCUT2D eigenvalue weighted by atomic mass is 16.3. The monoisotopic (exact) mass is 278 g/mol. The predicted octanol–water partition coefficient (Wildman–Crippen LogP) is 3.35. The Morgan fingerprint density at radius 3 is 2.60 bits per heavy atom. The smallest absolute Gasteiger partial charge is 0.0624 e. The van der Waals surface area contributed by atoms with E-state index in [-0.39, 0.29) is 6.10 Å². The van der Waals surface area contributed by atoms with Crippen molar-refractivity contribution >= 4 is 0 Å². The SMILES string of the molecule is CCc1cc(CC2CC(C(C)(C)C)CCC2O)n(C)n1. The van der Waals surface area contributed by atoms with Crippen molar-refractivity contribution in [2.45, 2.75) is 65.9 Å². The average molecular weight is 278 g/mol. The highest BCUT2D eigenvalue weighted by molar-refractivity contribution is 5.11. The van der Waals surface area contributed by atoms with Crippen LogP contribution in [0.5, 0.6) is 0 Å². The van der Waals surface area contributed by atoms with Crippen LogP contribution in [-0.2, 0) is 19.9 Å². The van der Waals surface area contributed by atoms with Crippen LogP contribution < -0.4 is 0 Å². The average Bonchev–Trinajstić information content (AvgIpc) is 2.71. The summed E-state index contributed by atoms with van der Waals surface area (Å²) in [7, 11) is 2.02. The number of nitrogens with zero attached hydrogens (tertiary/aromatic N) is 2. The van der Waals surface area contributed by atoms with Crippen LogP contribution in [0.3, 0.4) is 0 Å². The number of rotatable bonds is 3. The quantitative estimate of drug-likeness (QED) is 0.921. The minimum atomic E-state index is -0.145. The van der Waals surface area contributed by atoms with Gasteiger partial charge < -0.3 is 5.11 Å². The molecule has 1 aliphatic rings. The van der Waals surface area contributed by atoms with Gasteiger partial charge in [0.25, 0.3) is 0 Å². The van der Waals surface area contributed by atoms with E-state index in [1.165, 1.54) is 5.69 Å². The molecule has 1 heterocycles. The van der Waals surface area contributed by atoms with Gasteiger partial charge in [-0.3, -0.25) is 4.68 Å².